The summed E-state index contributed by atoms with van der Waals surface area (Å²) >= 11 is 0. The molecule has 0 aromatic heterocycles. The molecule has 1 aromatic carbocycles. The number of aliphatic hydroxyl groups is 1. The maximum absolute atomic E-state index is 8.81. The fourth-order valence-electron chi connectivity index (χ4n) is 2.38. The Morgan fingerprint density at radius 2 is 2.25 bits per heavy atom. The van der Waals surface area contributed by atoms with Crippen molar-refractivity contribution < 1.29 is 14.6 Å². The highest BCUT2D eigenvalue weighted by atomic mass is 16.6. The summed E-state index contributed by atoms with van der Waals surface area (Å²) in [7, 11) is 0. The lowest BCUT2D eigenvalue weighted by Gasteiger charge is -2.19. The number of hydrogen-bond donors (Lipinski definition) is 1. The van der Waals surface area contributed by atoms with Crippen LogP contribution in [0.3, 0.4) is 0 Å². The average molecular weight is 274 g/mol. The van der Waals surface area contributed by atoms with Crippen LogP contribution in [0.5, 0.6) is 5.75 Å². The number of ether oxygens (including phenoxy) is 2. The van der Waals surface area contributed by atoms with Gasteiger partial charge in [-0.25, -0.2) is 0 Å². The number of aryl methyl sites for hydroxylation is 1. The SMILES string of the molecule is Cc1ccc(OCC2CCC(C)(C)O2)c(C#CCO)c1. The predicted molar refractivity (Wildman–Crippen MR) is 78.8 cm³/mol. The van der Waals surface area contributed by atoms with Crippen molar-refractivity contribution in [3.8, 4) is 17.6 Å². The first-order valence-corrected chi connectivity index (χ1v) is 7.01. The third-order valence-electron chi connectivity index (χ3n) is 3.42. The Morgan fingerprint density at radius 1 is 1.45 bits per heavy atom. The molecule has 1 aliphatic heterocycles. The minimum atomic E-state index is -0.146. The molecule has 1 aliphatic rings. The van der Waals surface area contributed by atoms with Crippen LogP contribution in [0.2, 0.25) is 0 Å². The summed E-state index contributed by atoms with van der Waals surface area (Å²) < 4.78 is 11.8. The molecule has 1 fully saturated rings. The van der Waals surface area contributed by atoms with Crippen LogP contribution in [0.15, 0.2) is 18.2 Å². The Morgan fingerprint density at radius 3 is 2.90 bits per heavy atom. The topological polar surface area (TPSA) is 38.7 Å². The van der Waals surface area contributed by atoms with Crippen molar-refractivity contribution in [1.29, 1.82) is 0 Å². The first kappa shape index (κ1) is 14.9. The maximum Gasteiger partial charge on any atom is 0.135 e. The van der Waals surface area contributed by atoms with E-state index in [1.165, 1.54) is 0 Å². The summed E-state index contributed by atoms with van der Waals surface area (Å²) in [6, 6.07) is 5.90. The van der Waals surface area contributed by atoms with Crippen LogP contribution in [-0.2, 0) is 4.74 Å². The molecule has 0 aliphatic carbocycles. The van der Waals surface area contributed by atoms with Crippen LogP contribution in [-0.4, -0.2) is 30.0 Å². The Balaban J connectivity index is 2.02. The Kier molecular flexibility index (Phi) is 4.69. The van der Waals surface area contributed by atoms with Crippen LogP contribution in [0, 0.1) is 18.8 Å². The molecule has 1 atom stereocenters. The van der Waals surface area contributed by atoms with Gasteiger partial charge in [0.25, 0.3) is 0 Å². The summed E-state index contributed by atoms with van der Waals surface area (Å²) in [5, 5.41) is 8.81. The van der Waals surface area contributed by atoms with E-state index in [4.69, 9.17) is 14.6 Å². The first-order valence-electron chi connectivity index (χ1n) is 7.01. The zero-order valence-electron chi connectivity index (χ0n) is 12.4. The van der Waals surface area contributed by atoms with Gasteiger partial charge in [0.1, 0.15) is 19.0 Å². The molecule has 1 saturated heterocycles. The fourth-order valence-corrected chi connectivity index (χ4v) is 2.38. The van der Waals surface area contributed by atoms with E-state index in [-0.39, 0.29) is 18.3 Å². The van der Waals surface area contributed by atoms with Crippen molar-refractivity contribution >= 4 is 0 Å². The largest absolute Gasteiger partial charge is 0.490 e. The van der Waals surface area contributed by atoms with Gasteiger partial charge >= 0.3 is 0 Å². The van der Waals surface area contributed by atoms with Crippen molar-refractivity contribution in [1.82, 2.24) is 0 Å². The minimum Gasteiger partial charge on any atom is -0.490 e. The minimum absolute atomic E-state index is 0.0408. The van der Waals surface area contributed by atoms with Gasteiger partial charge in [0.05, 0.1) is 17.3 Å². The van der Waals surface area contributed by atoms with E-state index < -0.39 is 0 Å². The summed E-state index contributed by atoms with van der Waals surface area (Å²) in [6.07, 6.45) is 2.23. The third-order valence-corrected chi connectivity index (χ3v) is 3.42. The van der Waals surface area contributed by atoms with Gasteiger partial charge in [-0.15, -0.1) is 0 Å². The molecule has 3 nitrogen and oxygen atoms in total. The standard InChI is InChI=1S/C17H22O3/c1-13-6-7-16(14(11-13)5-4-10-18)19-12-15-8-9-17(2,3)20-15/h6-7,11,15,18H,8-10,12H2,1-3H3. The molecule has 3 heteroatoms. The van der Waals surface area contributed by atoms with Crippen molar-refractivity contribution in [2.24, 2.45) is 0 Å². The number of benzene rings is 1. The van der Waals surface area contributed by atoms with Gasteiger partial charge < -0.3 is 14.6 Å². The van der Waals surface area contributed by atoms with Crippen molar-refractivity contribution in [3.05, 3.63) is 29.3 Å². The normalized spacial score (nSPS) is 20.3. The molecule has 108 valence electrons. The van der Waals surface area contributed by atoms with Gasteiger partial charge in [-0.3, -0.25) is 0 Å². The zero-order chi connectivity index (χ0) is 14.6. The van der Waals surface area contributed by atoms with Crippen LogP contribution in [0.1, 0.15) is 37.8 Å². The van der Waals surface area contributed by atoms with E-state index in [2.05, 4.69) is 25.7 Å². The van der Waals surface area contributed by atoms with E-state index in [1.807, 2.05) is 25.1 Å². The van der Waals surface area contributed by atoms with E-state index in [1.54, 1.807) is 0 Å². The molecule has 0 radical (unpaired) electrons. The van der Waals surface area contributed by atoms with Gasteiger partial charge in [-0.1, -0.05) is 17.9 Å². The monoisotopic (exact) mass is 274 g/mol. The molecule has 1 heterocycles. The van der Waals surface area contributed by atoms with Gasteiger partial charge in [-0.05, 0) is 51.3 Å². The average Bonchev–Trinajstić information content (AvgIpc) is 2.75. The smallest absolute Gasteiger partial charge is 0.135 e. The molecule has 1 N–H and O–H groups in total. The van der Waals surface area contributed by atoms with Crippen molar-refractivity contribution in [2.45, 2.75) is 45.3 Å². The number of aliphatic hydroxyl groups excluding tert-OH is 1. The number of hydrogen-bond acceptors (Lipinski definition) is 3. The van der Waals surface area contributed by atoms with Crippen LogP contribution in [0.4, 0.5) is 0 Å². The molecular formula is C17H22O3. The third kappa shape index (κ3) is 4.00. The van der Waals surface area contributed by atoms with Gasteiger partial charge in [0.15, 0.2) is 0 Å². The highest BCUT2D eigenvalue weighted by Gasteiger charge is 2.31. The van der Waals surface area contributed by atoms with Crippen LogP contribution < -0.4 is 4.74 Å². The second-order valence-corrected chi connectivity index (χ2v) is 5.81. The molecule has 0 saturated carbocycles. The summed E-state index contributed by atoms with van der Waals surface area (Å²) in [6.45, 7) is 6.62. The summed E-state index contributed by atoms with van der Waals surface area (Å²) in [4.78, 5) is 0. The quantitative estimate of drug-likeness (QED) is 0.861. The molecule has 1 unspecified atom stereocenters. The lowest BCUT2D eigenvalue weighted by molar-refractivity contribution is -0.0326. The van der Waals surface area contributed by atoms with E-state index in [0.717, 1.165) is 29.7 Å². The van der Waals surface area contributed by atoms with Crippen molar-refractivity contribution in [2.75, 3.05) is 13.2 Å². The van der Waals surface area contributed by atoms with E-state index in [9.17, 15) is 0 Å². The zero-order valence-corrected chi connectivity index (χ0v) is 12.4. The predicted octanol–water partition coefficient (Wildman–Crippen LogP) is 2.68. The van der Waals surface area contributed by atoms with Crippen molar-refractivity contribution in [3.63, 3.8) is 0 Å². The van der Waals surface area contributed by atoms with E-state index in [0.29, 0.717) is 6.61 Å². The fraction of sp³-hybridized carbons (Fsp3) is 0.529. The highest BCUT2D eigenvalue weighted by molar-refractivity contribution is 5.48. The van der Waals surface area contributed by atoms with E-state index >= 15 is 0 Å². The summed E-state index contributed by atoms with van der Waals surface area (Å²) in [5.74, 6) is 6.35. The molecule has 0 amide bonds. The van der Waals surface area contributed by atoms with Gasteiger partial charge in [-0.2, -0.15) is 0 Å². The molecule has 1 aromatic rings. The first-order chi connectivity index (χ1) is 9.50. The Labute approximate surface area is 120 Å². The lowest BCUT2D eigenvalue weighted by atomic mass is 10.1. The molecule has 0 bridgehead atoms. The summed E-state index contributed by atoms with van der Waals surface area (Å²) in [5.41, 5.74) is 1.90. The number of rotatable bonds is 3. The van der Waals surface area contributed by atoms with Gasteiger partial charge in [0.2, 0.25) is 0 Å². The van der Waals surface area contributed by atoms with Crippen LogP contribution in [0.25, 0.3) is 0 Å². The lowest BCUT2D eigenvalue weighted by Crippen LogP contribution is -2.24. The second kappa shape index (κ2) is 6.30. The second-order valence-electron chi connectivity index (χ2n) is 5.81. The highest BCUT2D eigenvalue weighted by Crippen LogP contribution is 2.30. The maximum atomic E-state index is 8.81. The van der Waals surface area contributed by atoms with Gasteiger partial charge in [0, 0.05) is 0 Å². The van der Waals surface area contributed by atoms with Crippen LogP contribution >= 0.6 is 0 Å². The molecule has 2 rings (SSSR count). The Hall–Kier alpha value is -1.50. The molecule has 0 spiro atoms. The molecular weight excluding hydrogens is 252 g/mol. The molecule has 20 heavy (non-hydrogen) atoms. The Bertz CT molecular complexity index is 523.